The quantitative estimate of drug-likeness (QED) is 0.489. The molecular formula is C13H12O5. The second-order valence-corrected chi connectivity index (χ2v) is 3.66. The van der Waals surface area contributed by atoms with Gasteiger partial charge < -0.3 is 14.6 Å². The molecule has 1 heterocycles. The Morgan fingerprint density at radius 1 is 1.44 bits per heavy atom. The van der Waals surface area contributed by atoms with E-state index in [0.29, 0.717) is 11.3 Å². The number of aliphatic hydroxyl groups is 1. The number of hydrogen-bond acceptors (Lipinski definition) is 5. The summed E-state index contributed by atoms with van der Waals surface area (Å²) in [6.07, 6.45) is 0. The average Bonchev–Trinajstić information content (AvgIpc) is 2.39. The molecule has 0 radical (unpaired) electrons. The van der Waals surface area contributed by atoms with E-state index in [0.717, 1.165) is 0 Å². The van der Waals surface area contributed by atoms with Crippen LogP contribution in [0.4, 0.5) is 0 Å². The number of carbonyl (C=O) groups is 2. The van der Waals surface area contributed by atoms with Crippen molar-refractivity contribution in [1.82, 2.24) is 0 Å². The summed E-state index contributed by atoms with van der Waals surface area (Å²) in [5.74, 6) is -1.56. The number of hydrogen-bond donors (Lipinski definition) is 1. The van der Waals surface area contributed by atoms with Crippen molar-refractivity contribution in [2.45, 2.75) is 6.92 Å². The van der Waals surface area contributed by atoms with Crippen LogP contribution in [-0.4, -0.2) is 30.1 Å². The van der Waals surface area contributed by atoms with Crippen molar-refractivity contribution in [2.75, 3.05) is 13.2 Å². The molecule has 0 fully saturated rings. The van der Waals surface area contributed by atoms with Gasteiger partial charge in [-0.15, -0.1) is 0 Å². The van der Waals surface area contributed by atoms with Gasteiger partial charge in [0, 0.05) is 0 Å². The Kier molecular flexibility index (Phi) is 3.32. The van der Waals surface area contributed by atoms with Crippen molar-refractivity contribution in [1.29, 1.82) is 0 Å². The summed E-state index contributed by atoms with van der Waals surface area (Å²) in [7, 11) is 0. The number of fused-ring (bicyclic) bond motifs is 1. The Bertz CT molecular complexity index is 530. The van der Waals surface area contributed by atoms with Gasteiger partial charge in [0.05, 0.1) is 17.7 Å². The van der Waals surface area contributed by atoms with Crippen LogP contribution in [0.1, 0.15) is 17.3 Å². The smallest absolute Gasteiger partial charge is 0.373 e. The average molecular weight is 248 g/mol. The molecule has 0 atom stereocenters. The Balaban J connectivity index is 2.37. The van der Waals surface area contributed by atoms with Gasteiger partial charge in [-0.2, -0.15) is 0 Å². The first-order chi connectivity index (χ1) is 8.65. The molecular weight excluding hydrogens is 236 g/mol. The van der Waals surface area contributed by atoms with Crippen LogP contribution in [0.5, 0.6) is 5.75 Å². The largest absolute Gasteiger partial charge is 0.501 e. The van der Waals surface area contributed by atoms with Gasteiger partial charge in [-0.05, 0) is 19.1 Å². The zero-order valence-electron chi connectivity index (χ0n) is 9.80. The molecule has 18 heavy (non-hydrogen) atoms. The van der Waals surface area contributed by atoms with Crippen molar-refractivity contribution in [3.8, 4) is 5.75 Å². The van der Waals surface area contributed by atoms with Gasteiger partial charge in [-0.1, -0.05) is 12.1 Å². The summed E-state index contributed by atoms with van der Waals surface area (Å²) in [5, 5.41) is 9.67. The highest BCUT2D eigenvalue weighted by Gasteiger charge is 2.29. The lowest BCUT2D eigenvalue weighted by molar-refractivity contribution is -0.141. The maximum atomic E-state index is 12.1. The number of ether oxygens (including phenoxy) is 2. The lowest BCUT2D eigenvalue weighted by atomic mass is 9.99. The second kappa shape index (κ2) is 4.91. The normalized spacial score (nSPS) is 16.6. The molecule has 5 nitrogen and oxygen atoms in total. The number of para-hydroxylation sites is 1. The topological polar surface area (TPSA) is 72.8 Å². The molecule has 0 saturated heterocycles. The SMILES string of the molecule is CCOC(=O)C(O)=C1COc2ccccc2C1=O. The van der Waals surface area contributed by atoms with Crippen LogP contribution >= 0.6 is 0 Å². The standard InChI is InChI=1S/C13H12O5/c1-2-17-13(16)12(15)9-7-18-10-6-4-3-5-8(10)11(9)14/h3-6,15H,2,7H2,1H3. The number of Topliss-reactive ketones (excluding diaryl/α,β-unsaturated/α-hetero) is 1. The number of rotatable bonds is 2. The van der Waals surface area contributed by atoms with E-state index >= 15 is 0 Å². The van der Waals surface area contributed by atoms with Gasteiger partial charge >= 0.3 is 5.97 Å². The molecule has 1 aliphatic rings. The van der Waals surface area contributed by atoms with Crippen molar-refractivity contribution in [2.24, 2.45) is 0 Å². The van der Waals surface area contributed by atoms with Crippen LogP contribution in [0, 0.1) is 0 Å². The molecule has 0 aliphatic carbocycles. The molecule has 0 unspecified atom stereocenters. The van der Waals surface area contributed by atoms with Gasteiger partial charge in [-0.25, -0.2) is 4.79 Å². The first-order valence-corrected chi connectivity index (χ1v) is 5.51. The molecule has 0 bridgehead atoms. The van der Waals surface area contributed by atoms with Crippen LogP contribution in [0.2, 0.25) is 0 Å². The third kappa shape index (κ3) is 2.07. The van der Waals surface area contributed by atoms with Crippen molar-refractivity contribution in [3.63, 3.8) is 0 Å². The fourth-order valence-corrected chi connectivity index (χ4v) is 1.66. The van der Waals surface area contributed by atoms with E-state index in [1.165, 1.54) is 0 Å². The maximum Gasteiger partial charge on any atom is 0.373 e. The van der Waals surface area contributed by atoms with E-state index in [9.17, 15) is 14.7 Å². The van der Waals surface area contributed by atoms with Crippen molar-refractivity contribution in [3.05, 3.63) is 41.2 Å². The third-order valence-corrected chi connectivity index (χ3v) is 2.53. The van der Waals surface area contributed by atoms with Crippen LogP contribution in [0.15, 0.2) is 35.6 Å². The van der Waals surface area contributed by atoms with Gasteiger partial charge in [0.2, 0.25) is 5.76 Å². The highest BCUT2D eigenvalue weighted by atomic mass is 16.5. The van der Waals surface area contributed by atoms with E-state index in [2.05, 4.69) is 4.74 Å². The summed E-state index contributed by atoms with van der Waals surface area (Å²) < 4.78 is 9.95. The fourth-order valence-electron chi connectivity index (χ4n) is 1.66. The Hall–Kier alpha value is -2.30. The minimum atomic E-state index is -0.913. The number of benzene rings is 1. The van der Waals surface area contributed by atoms with E-state index in [4.69, 9.17) is 4.74 Å². The lowest BCUT2D eigenvalue weighted by Gasteiger charge is -2.18. The zero-order valence-corrected chi connectivity index (χ0v) is 9.80. The molecule has 1 aromatic carbocycles. The predicted molar refractivity (Wildman–Crippen MR) is 62.6 cm³/mol. The number of ketones is 1. The predicted octanol–water partition coefficient (Wildman–Crippen LogP) is 1.64. The summed E-state index contributed by atoms with van der Waals surface area (Å²) >= 11 is 0. The molecule has 0 aromatic heterocycles. The minimum Gasteiger partial charge on any atom is -0.501 e. The van der Waals surface area contributed by atoms with E-state index in [1.807, 2.05) is 0 Å². The van der Waals surface area contributed by atoms with Crippen molar-refractivity contribution < 1.29 is 24.2 Å². The van der Waals surface area contributed by atoms with Crippen LogP contribution in [-0.2, 0) is 9.53 Å². The van der Waals surface area contributed by atoms with Gasteiger partial charge in [0.25, 0.3) is 0 Å². The van der Waals surface area contributed by atoms with Crippen LogP contribution in [0.3, 0.4) is 0 Å². The fraction of sp³-hybridized carbons (Fsp3) is 0.231. The molecule has 0 spiro atoms. The van der Waals surface area contributed by atoms with Crippen molar-refractivity contribution >= 4 is 11.8 Å². The summed E-state index contributed by atoms with van der Waals surface area (Å²) in [6.45, 7) is 1.60. The van der Waals surface area contributed by atoms with E-state index in [-0.39, 0.29) is 18.8 Å². The monoisotopic (exact) mass is 248 g/mol. The molecule has 1 aromatic rings. The lowest BCUT2D eigenvalue weighted by Crippen LogP contribution is -2.23. The Morgan fingerprint density at radius 3 is 2.89 bits per heavy atom. The van der Waals surface area contributed by atoms with Gasteiger partial charge in [0.15, 0.2) is 5.78 Å². The number of aliphatic hydroxyl groups excluding tert-OH is 1. The highest BCUT2D eigenvalue weighted by Crippen LogP contribution is 2.27. The van der Waals surface area contributed by atoms with E-state index in [1.54, 1.807) is 31.2 Å². The van der Waals surface area contributed by atoms with Gasteiger partial charge in [0.1, 0.15) is 12.4 Å². The van der Waals surface area contributed by atoms with Crippen LogP contribution < -0.4 is 4.74 Å². The number of esters is 1. The third-order valence-electron chi connectivity index (χ3n) is 2.53. The summed E-state index contributed by atoms with van der Waals surface area (Å²) in [4.78, 5) is 23.4. The molecule has 0 saturated carbocycles. The zero-order chi connectivity index (χ0) is 13.1. The minimum absolute atomic E-state index is 0.0767. The molecule has 1 N–H and O–H groups in total. The number of carbonyl (C=O) groups excluding carboxylic acids is 2. The first-order valence-electron chi connectivity index (χ1n) is 5.51. The summed E-state index contributed by atoms with van der Waals surface area (Å²) in [6, 6.07) is 6.66. The van der Waals surface area contributed by atoms with Gasteiger partial charge in [-0.3, -0.25) is 4.79 Å². The van der Waals surface area contributed by atoms with Crippen LogP contribution in [0.25, 0.3) is 0 Å². The second-order valence-electron chi connectivity index (χ2n) is 3.66. The Morgan fingerprint density at radius 2 is 2.17 bits per heavy atom. The Labute approximate surface area is 104 Å². The molecule has 1 aliphatic heterocycles. The highest BCUT2D eigenvalue weighted by molar-refractivity contribution is 6.14. The maximum absolute atomic E-state index is 12.1. The first kappa shape index (κ1) is 12.2. The summed E-state index contributed by atoms with van der Waals surface area (Å²) in [5.41, 5.74) is 0.252. The molecule has 0 amide bonds. The molecule has 5 heteroatoms. The molecule has 2 rings (SSSR count). The molecule has 94 valence electrons. The van der Waals surface area contributed by atoms with E-state index < -0.39 is 17.5 Å².